The molecule has 0 radical (unpaired) electrons. The third-order valence-corrected chi connectivity index (χ3v) is 7.97. The summed E-state index contributed by atoms with van der Waals surface area (Å²) >= 11 is 1.43. The van der Waals surface area contributed by atoms with Crippen molar-refractivity contribution >= 4 is 42.6 Å². The number of benzene rings is 2. The Balaban J connectivity index is 1.50. The van der Waals surface area contributed by atoms with Crippen LogP contribution in [-0.4, -0.2) is 36.7 Å². The van der Waals surface area contributed by atoms with Gasteiger partial charge in [0, 0.05) is 18.7 Å². The van der Waals surface area contributed by atoms with Crippen LogP contribution in [0.4, 0.5) is 5.13 Å². The summed E-state index contributed by atoms with van der Waals surface area (Å²) in [6.45, 7) is 5.39. The number of thiazole rings is 1. The van der Waals surface area contributed by atoms with Crippen LogP contribution in [-0.2, 0) is 10.0 Å². The lowest BCUT2D eigenvalue weighted by Crippen LogP contribution is -2.27. The lowest BCUT2D eigenvalue weighted by molar-refractivity contribution is 0.102. The van der Waals surface area contributed by atoms with Crippen molar-refractivity contribution in [3.63, 3.8) is 0 Å². The zero-order valence-corrected chi connectivity index (χ0v) is 18.0. The zero-order chi connectivity index (χ0) is 20.6. The first kappa shape index (κ1) is 20.0. The number of amides is 1. The van der Waals surface area contributed by atoms with Gasteiger partial charge in [-0.05, 0) is 60.7 Å². The predicted octanol–water partition coefficient (Wildman–Crippen LogP) is 4.46. The highest BCUT2D eigenvalue weighted by Crippen LogP contribution is 2.29. The van der Waals surface area contributed by atoms with E-state index in [2.05, 4.69) is 36.3 Å². The topological polar surface area (TPSA) is 79.4 Å². The van der Waals surface area contributed by atoms with E-state index in [1.165, 1.54) is 33.3 Å². The molecule has 1 N–H and O–H groups in total. The van der Waals surface area contributed by atoms with Gasteiger partial charge in [-0.3, -0.25) is 10.1 Å². The molecule has 1 aromatic heterocycles. The SMILES string of the molecule is CC(C)c1ccc2nc(NC(=O)c3ccc(S(=O)(=O)N4CCCC4)cc3)sc2c1. The van der Waals surface area contributed by atoms with Crippen LogP contribution in [0.15, 0.2) is 47.4 Å². The number of aromatic nitrogens is 1. The van der Waals surface area contributed by atoms with E-state index < -0.39 is 10.0 Å². The standard InChI is InChI=1S/C21H23N3O3S2/c1-14(2)16-7-10-18-19(13-16)28-21(22-18)23-20(25)15-5-8-17(9-6-15)29(26,27)24-11-3-4-12-24/h5-10,13-14H,3-4,11-12H2,1-2H3,(H,22,23,25). The van der Waals surface area contributed by atoms with Gasteiger partial charge in [-0.25, -0.2) is 13.4 Å². The number of fused-ring (bicyclic) bond motifs is 1. The Labute approximate surface area is 174 Å². The highest BCUT2D eigenvalue weighted by molar-refractivity contribution is 7.89. The van der Waals surface area contributed by atoms with E-state index in [9.17, 15) is 13.2 Å². The molecule has 3 aromatic rings. The third-order valence-electron chi connectivity index (χ3n) is 5.12. The summed E-state index contributed by atoms with van der Waals surface area (Å²) in [6.07, 6.45) is 1.78. The number of hydrogen-bond acceptors (Lipinski definition) is 5. The molecule has 0 aliphatic carbocycles. The Kier molecular flexibility index (Phi) is 5.42. The summed E-state index contributed by atoms with van der Waals surface area (Å²) in [6, 6.07) is 12.2. The molecule has 152 valence electrons. The summed E-state index contributed by atoms with van der Waals surface area (Å²) in [7, 11) is -3.48. The van der Waals surface area contributed by atoms with Crippen LogP contribution in [0.5, 0.6) is 0 Å². The van der Waals surface area contributed by atoms with Crippen molar-refractivity contribution in [2.45, 2.75) is 37.5 Å². The van der Waals surface area contributed by atoms with Gasteiger partial charge in [-0.1, -0.05) is 31.3 Å². The summed E-state index contributed by atoms with van der Waals surface area (Å²) in [5, 5.41) is 3.35. The van der Waals surface area contributed by atoms with Gasteiger partial charge >= 0.3 is 0 Å². The number of nitrogens with one attached hydrogen (secondary N) is 1. The van der Waals surface area contributed by atoms with Gasteiger partial charge in [-0.2, -0.15) is 4.31 Å². The monoisotopic (exact) mass is 429 g/mol. The van der Waals surface area contributed by atoms with E-state index in [-0.39, 0.29) is 10.8 Å². The smallest absolute Gasteiger partial charge is 0.257 e. The summed E-state index contributed by atoms with van der Waals surface area (Å²) in [4.78, 5) is 17.3. The molecule has 1 saturated heterocycles. The maximum absolute atomic E-state index is 12.6. The number of rotatable bonds is 5. The van der Waals surface area contributed by atoms with Gasteiger partial charge in [-0.15, -0.1) is 0 Å². The normalized spacial score (nSPS) is 15.3. The predicted molar refractivity (Wildman–Crippen MR) is 116 cm³/mol. The van der Waals surface area contributed by atoms with Crippen LogP contribution in [0.2, 0.25) is 0 Å². The maximum atomic E-state index is 12.6. The number of nitrogens with zero attached hydrogens (tertiary/aromatic N) is 2. The molecular formula is C21H23N3O3S2. The molecule has 2 aromatic carbocycles. The molecule has 0 atom stereocenters. The quantitative estimate of drug-likeness (QED) is 0.650. The van der Waals surface area contributed by atoms with E-state index in [1.54, 1.807) is 12.1 Å². The molecule has 8 heteroatoms. The number of carbonyl (C=O) groups excluding carboxylic acids is 1. The summed E-state index contributed by atoms with van der Waals surface area (Å²) in [5.74, 6) is 0.119. The number of carbonyl (C=O) groups is 1. The third kappa shape index (κ3) is 4.05. The van der Waals surface area contributed by atoms with Crippen LogP contribution in [0.1, 0.15) is 48.5 Å². The lowest BCUT2D eigenvalue weighted by atomic mass is 10.0. The first-order chi connectivity index (χ1) is 13.8. The van der Waals surface area contributed by atoms with Crippen molar-refractivity contribution in [1.82, 2.24) is 9.29 Å². The first-order valence-corrected chi connectivity index (χ1v) is 11.9. The Morgan fingerprint density at radius 1 is 1.10 bits per heavy atom. The minimum Gasteiger partial charge on any atom is -0.298 e. The molecule has 1 aliphatic rings. The average Bonchev–Trinajstić information content (AvgIpc) is 3.37. The lowest BCUT2D eigenvalue weighted by Gasteiger charge is -2.15. The van der Waals surface area contributed by atoms with Crippen LogP contribution >= 0.6 is 11.3 Å². The average molecular weight is 430 g/mol. The van der Waals surface area contributed by atoms with Gasteiger partial charge in [0.25, 0.3) is 5.91 Å². The Bertz CT molecular complexity index is 1150. The van der Waals surface area contributed by atoms with E-state index in [1.807, 2.05) is 6.07 Å². The number of hydrogen-bond donors (Lipinski definition) is 1. The fourth-order valence-electron chi connectivity index (χ4n) is 3.38. The van der Waals surface area contributed by atoms with Gasteiger partial charge in [0.2, 0.25) is 10.0 Å². The van der Waals surface area contributed by atoms with Crippen molar-refractivity contribution in [1.29, 1.82) is 0 Å². The molecule has 0 unspecified atom stereocenters. The van der Waals surface area contributed by atoms with E-state index in [0.29, 0.717) is 29.7 Å². The van der Waals surface area contributed by atoms with Gasteiger partial charge in [0.05, 0.1) is 15.1 Å². The van der Waals surface area contributed by atoms with Crippen LogP contribution in [0, 0.1) is 0 Å². The Morgan fingerprint density at radius 3 is 2.45 bits per heavy atom. The highest BCUT2D eigenvalue weighted by Gasteiger charge is 2.27. The minimum atomic E-state index is -3.48. The highest BCUT2D eigenvalue weighted by atomic mass is 32.2. The second kappa shape index (κ2) is 7.85. The molecular weight excluding hydrogens is 406 g/mol. The van der Waals surface area contributed by atoms with Crippen LogP contribution in [0.3, 0.4) is 0 Å². The first-order valence-electron chi connectivity index (χ1n) is 9.66. The molecule has 1 aliphatic heterocycles. The van der Waals surface area contributed by atoms with Crippen molar-refractivity contribution in [3.8, 4) is 0 Å². The second-order valence-electron chi connectivity index (χ2n) is 7.49. The summed E-state index contributed by atoms with van der Waals surface area (Å²) < 4.78 is 27.7. The second-order valence-corrected chi connectivity index (χ2v) is 10.5. The molecule has 0 saturated carbocycles. The number of sulfonamides is 1. The molecule has 1 amide bonds. The summed E-state index contributed by atoms with van der Waals surface area (Å²) in [5.41, 5.74) is 2.48. The van der Waals surface area contributed by atoms with E-state index in [4.69, 9.17) is 0 Å². The molecule has 0 spiro atoms. The fourth-order valence-corrected chi connectivity index (χ4v) is 5.81. The molecule has 0 bridgehead atoms. The minimum absolute atomic E-state index is 0.220. The van der Waals surface area contributed by atoms with Gasteiger partial charge in [0.15, 0.2) is 5.13 Å². The van der Waals surface area contributed by atoms with Gasteiger partial charge < -0.3 is 0 Å². The van der Waals surface area contributed by atoms with Crippen LogP contribution in [0.25, 0.3) is 10.2 Å². The zero-order valence-electron chi connectivity index (χ0n) is 16.4. The van der Waals surface area contributed by atoms with E-state index >= 15 is 0 Å². The molecule has 6 nitrogen and oxygen atoms in total. The Hall–Kier alpha value is -2.29. The van der Waals surface area contributed by atoms with E-state index in [0.717, 1.165) is 23.1 Å². The van der Waals surface area contributed by atoms with Crippen molar-refractivity contribution < 1.29 is 13.2 Å². The maximum Gasteiger partial charge on any atom is 0.257 e. The molecule has 29 heavy (non-hydrogen) atoms. The van der Waals surface area contributed by atoms with Crippen molar-refractivity contribution in [3.05, 3.63) is 53.6 Å². The van der Waals surface area contributed by atoms with Crippen LogP contribution < -0.4 is 5.32 Å². The largest absolute Gasteiger partial charge is 0.298 e. The van der Waals surface area contributed by atoms with Gasteiger partial charge in [0.1, 0.15) is 0 Å². The number of anilines is 1. The molecule has 4 rings (SSSR count). The fraction of sp³-hybridized carbons (Fsp3) is 0.333. The molecule has 2 heterocycles. The Morgan fingerprint density at radius 2 is 1.79 bits per heavy atom. The van der Waals surface area contributed by atoms with Crippen molar-refractivity contribution in [2.24, 2.45) is 0 Å². The van der Waals surface area contributed by atoms with Crippen molar-refractivity contribution in [2.75, 3.05) is 18.4 Å². The molecule has 1 fully saturated rings.